The van der Waals surface area contributed by atoms with E-state index in [0.717, 1.165) is 4.90 Å². The molecule has 2 amide bonds. The van der Waals surface area contributed by atoms with Gasteiger partial charge in [-0.25, -0.2) is 0 Å². The minimum Gasteiger partial charge on any atom is -0.298 e. The first-order valence-corrected chi connectivity index (χ1v) is 8.55. The largest absolute Gasteiger partial charge is 0.298 e. The van der Waals surface area contributed by atoms with Gasteiger partial charge in [0.25, 0.3) is 17.5 Å². The summed E-state index contributed by atoms with van der Waals surface area (Å²) in [4.78, 5) is 36.6. The molecule has 3 rings (SSSR count). The molecule has 2 aromatic rings. The van der Waals surface area contributed by atoms with Crippen LogP contribution in [0.4, 0.5) is 11.4 Å². The number of rotatable bonds is 3. The van der Waals surface area contributed by atoms with E-state index in [1.165, 1.54) is 24.3 Å². The van der Waals surface area contributed by atoms with E-state index < -0.39 is 16.7 Å². The highest BCUT2D eigenvalue weighted by molar-refractivity contribution is 7.80. The van der Waals surface area contributed by atoms with E-state index in [-0.39, 0.29) is 27.0 Å². The van der Waals surface area contributed by atoms with Gasteiger partial charge in [0.05, 0.1) is 10.6 Å². The summed E-state index contributed by atoms with van der Waals surface area (Å²) in [5.41, 5.74) is 0.130. The van der Waals surface area contributed by atoms with Gasteiger partial charge in [-0.3, -0.25) is 29.9 Å². The summed E-state index contributed by atoms with van der Waals surface area (Å²) in [6, 6.07) is 10.3. The third-order valence-corrected chi connectivity index (χ3v) is 4.52. The summed E-state index contributed by atoms with van der Waals surface area (Å²) in [5, 5.41) is 13.8. The number of nitrogens with zero attached hydrogens (tertiary/aromatic N) is 2. The zero-order valence-corrected chi connectivity index (χ0v) is 15.6. The first-order valence-electron chi connectivity index (χ1n) is 7.39. The molecule has 1 N–H and O–H groups in total. The number of carbonyl (C=O) groups is 2. The number of hydrogen-bond acceptors (Lipinski definition) is 5. The van der Waals surface area contributed by atoms with E-state index in [1.807, 2.05) is 0 Å². The summed E-state index contributed by atoms with van der Waals surface area (Å²) in [7, 11) is 0. The van der Waals surface area contributed by atoms with Crippen LogP contribution in [0.25, 0.3) is 6.08 Å². The SMILES string of the molecule is O=C1NC(=S)N(c2ccc(Cl)cc2)C(=O)C1=Cc1ccc(Cl)c([N+](=O)[O-])c1. The molecule has 0 aromatic heterocycles. The maximum absolute atomic E-state index is 12.8. The zero-order valence-electron chi connectivity index (χ0n) is 13.3. The van der Waals surface area contributed by atoms with Gasteiger partial charge in [-0.1, -0.05) is 29.3 Å². The third-order valence-electron chi connectivity index (χ3n) is 3.66. The van der Waals surface area contributed by atoms with Crippen molar-refractivity contribution in [1.82, 2.24) is 5.32 Å². The predicted octanol–water partition coefficient (Wildman–Crippen LogP) is 3.73. The Hall–Kier alpha value is -2.81. The lowest BCUT2D eigenvalue weighted by Crippen LogP contribution is -2.54. The fourth-order valence-electron chi connectivity index (χ4n) is 2.41. The highest BCUT2D eigenvalue weighted by Crippen LogP contribution is 2.28. The van der Waals surface area contributed by atoms with Crippen LogP contribution in [-0.2, 0) is 9.59 Å². The monoisotopic (exact) mass is 421 g/mol. The summed E-state index contributed by atoms with van der Waals surface area (Å²) >= 11 is 16.7. The van der Waals surface area contributed by atoms with Gasteiger partial charge in [0, 0.05) is 11.1 Å². The molecule has 0 unspecified atom stereocenters. The molecule has 0 spiro atoms. The molecular weight excluding hydrogens is 413 g/mol. The molecular formula is C17H9Cl2N3O4S. The number of nitrogens with one attached hydrogen (secondary N) is 1. The molecule has 1 aliphatic rings. The van der Waals surface area contributed by atoms with Gasteiger partial charge in [0.1, 0.15) is 10.6 Å². The fourth-order valence-corrected chi connectivity index (χ4v) is 3.00. The highest BCUT2D eigenvalue weighted by Gasteiger charge is 2.34. The van der Waals surface area contributed by atoms with E-state index in [9.17, 15) is 19.7 Å². The number of hydrogen-bond donors (Lipinski definition) is 1. The first kappa shape index (κ1) is 19.0. The molecule has 0 atom stereocenters. The summed E-state index contributed by atoms with van der Waals surface area (Å²) < 4.78 is 0. The molecule has 1 saturated heterocycles. The van der Waals surface area contributed by atoms with Crippen molar-refractivity contribution in [2.24, 2.45) is 0 Å². The average molecular weight is 422 g/mol. The van der Waals surface area contributed by atoms with Gasteiger partial charge >= 0.3 is 0 Å². The molecule has 7 nitrogen and oxygen atoms in total. The van der Waals surface area contributed by atoms with Crippen molar-refractivity contribution in [1.29, 1.82) is 0 Å². The average Bonchev–Trinajstić information content (AvgIpc) is 2.61. The van der Waals surface area contributed by atoms with Gasteiger partial charge in [0.2, 0.25) is 0 Å². The standard InChI is InChI=1S/C17H9Cl2N3O4S/c18-10-2-4-11(5-3-10)21-16(24)12(15(23)20-17(21)27)7-9-1-6-13(19)14(8-9)22(25)26/h1-8H,(H,20,23,27). The van der Waals surface area contributed by atoms with E-state index in [1.54, 1.807) is 24.3 Å². The number of anilines is 1. The number of nitro groups is 1. The molecule has 0 radical (unpaired) electrons. The van der Waals surface area contributed by atoms with Gasteiger partial charge in [0.15, 0.2) is 5.11 Å². The lowest BCUT2D eigenvalue weighted by atomic mass is 10.1. The van der Waals surface area contributed by atoms with Crippen LogP contribution in [0.5, 0.6) is 0 Å². The number of amides is 2. The van der Waals surface area contributed by atoms with Crippen LogP contribution in [0.15, 0.2) is 48.0 Å². The number of benzene rings is 2. The van der Waals surface area contributed by atoms with Crippen LogP contribution in [0.1, 0.15) is 5.56 Å². The van der Waals surface area contributed by atoms with Crippen LogP contribution in [0.2, 0.25) is 10.0 Å². The maximum atomic E-state index is 12.8. The Bertz CT molecular complexity index is 1020. The third kappa shape index (κ3) is 3.82. The van der Waals surface area contributed by atoms with Crippen molar-refractivity contribution in [3.05, 3.63) is 73.8 Å². The van der Waals surface area contributed by atoms with Crippen LogP contribution >= 0.6 is 35.4 Å². The molecule has 0 bridgehead atoms. The topological polar surface area (TPSA) is 92.6 Å². The Morgan fingerprint density at radius 3 is 2.41 bits per heavy atom. The molecule has 1 heterocycles. The van der Waals surface area contributed by atoms with E-state index in [0.29, 0.717) is 10.7 Å². The molecule has 136 valence electrons. The van der Waals surface area contributed by atoms with Crippen molar-refractivity contribution in [3.8, 4) is 0 Å². The van der Waals surface area contributed by atoms with Gasteiger partial charge < -0.3 is 0 Å². The Morgan fingerprint density at radius 1 is 1.11 bits per heavy atom. The molecule has 27 heavy (non-hydrogen) atoms. The van der Waals surface area contributed by atoms with E-state index in [2.05, 4.69) is 5.32 Å². The second-order valence-electron chi connectivity index (χ2n) is 5.40. The normalized spacial score (nSPS) is 15.9. The highest BCUT2D eigenvalue weighted by atomic mass is 35.5. The van der Waals surface area contributed by atoms with E-state index >= 15 is 0 Å². The smallest absolute Gasteiger partial charge is 0.288 e. The molecule has 1 aliphatic heterocycles. The molecule has 2 aromatic carbocycles. The van der Waals surface area contributed by atoms with Gasteiger partial charge in [-0.05, 0) is 54.2 Å². The lowest BCUT2D eigenvalue weighted by molar-refractivity contribution is -0.384. The quantitative estimate of drug-likeness (QED) is 0.268. The molecule has 10 heteroatoms. The second-order valence-corrected chi connectivity index (χ2v) is 6.63. The van der Waals surface area contributed by atoms with Crippen molar-refractivity contribution in [3.63, 3.8) is 0 Å². The fraction of sp³-hybridized carbons (Fsp3) is 0. The summed E-state index contributed by atoms with van der Waals surface area (Å²) in [5.74, 6) is -1.36. The zero-order chi connectivity index (χ0) is 19.7. The summed E-state index contributed by atoms with van der Waals surface area (Å²) in [6.45, 7) is 0. The molecule has 1 fully saturated rings. The Kier molecular flexibility index (Phi) is 5.22. The number of carbonyl (C=O) groups excluding carboxylic acids is 2. The number of thiocarbonyl (C=S) groups is 1. The molecule has 0 saturated carbocycles. The van der Waals surface area contributed by atoms with Crippen LogP contribution < -0.4 is 10.2 Å². The maximum Gasteiger partial charge on any atom is 0.288 e. The van der Waals surface area contributed by atoms with Crippen molar-refractivity contribution in [2.45, 2.75) is 0 Å². The predicted molar refractivity (Wildman–Crippen MR) is 106 cm³/mol. The van der Waals surface area contributed by atoms with E-state index in [4.69, 9.17) is 35.4 Å². The van der Waals surface area contributed by atoms with Crippen LogP contribution in [-0.4, -0.2) is 21.9 Å². The second kappa shape index (κ2) is 7.43. The van der Waals surface area contributed by atoms with Gasteiger partial charge in [-0.2, -0.15) is 0 Å². The van der Waals surface area contributed by atoms with Crippen LogP contribution in [0, 0.1) is 10.1 Å². The minimum absolute atomic E-state index is 0.0504. The number of halogens is 2. The van der Waals surface area contributed by atoms with Gasteiger partial charge in [-0.15, -0.1) is 0 Å². The number of nitro benzene ring substituents is 1. The Labute approximate surface area is 168 Å². The minimum atomic E-state index is -0.701. The van der Waals surface area contributed by atoms with Crippen molar-refractivity contribution < 1.29 is 14.5 Å². The van der Waals surface area contributed by atoms with Crippen molar-refractivity contribution >= 4 is 69.8 Å². The first-order chi connectivity index (χ1) is 12.8. The Morgan fingerprint density at radius 2 is 1.78 bits per heavy atom. The molecule has 0 aliphatic carbocycles. The van der Waals surface area contributed by atoms with Crippen LogP contribution in [0.3, 0.4) is 0 Å². The van der Waals surface area contributed by atoms with Crippen molar-refractivity contribution in [2.75, 3.05) is 4.90 Å². The lowest BCUT2D eigenvalue weighted by Gasteiger charge is -2.28. The summed E-state index contributed by atoms with van der Waals surface area (Å²) in [6.07, 6.45) is 1.24. The Balaban J connectivity index is 2.03.